The topological polar surface area (TPSA) is 68.0 Å². The van der Waals surface area contributed by atoms with Gasteiger partial charge in [-0.3, -0.25) is 4.79 Å². The number of oxazole rings is 1. The van der Waals surface area contributed by atoms with Gasteiger partial charge in [0.25, 0.3) is 0 Å². The van der Waals surface area contributed by atoms with Crippen LogP contribution in [0.2, 0.25) is 0 Å². The summed E-state index contributed by atoms with van der Waals surface area (Å²) in [5, 5.41) is 3.45. The minimum Gasteiger partial charge on any atom is -0.443 e. The number of nitrogens with zero attached hydrogens (tertiary/aromatic N) is 2. The first-order chi connectivity index (χ1) is 15.2. The first-order valence-corrected chi connectivity index (χ1v) is 9.71. The van der Waals surface area contributed by atoms with E-state index < -0.39 is 28.9 Å². The molecule has 5 nitrogen and oxygen atoms in total. The highest BCUT2D eigenvalue weighted by atomic mass is 32.1. The van der Waals surface area contributed by atoms with Crippen LogP contribution in [0.4, 0.5) is 27.1 Å². The molecule has 166 valence electrons. The van der Waals surface area contributed by atoms with Gasteiger partial charge in [0.2, 0.25) is 5.89 Å². The summed E-state index contributed by atoms with van der Waals surface area (Å²) in [7, 11) is 1.69. The van der Waals surface area contributed by atoms with Gasteiger partial charge in [0, 0.05) is 7.05 Å². The number of aromatic nitrogens is 2. The van der Waals surface area contributed by atoms with E-state index in [0.717, 1.165) is 24.3 Å². The third kappa shape index (κ3) is 5.17. The lowest BCUT2D eigenvalue weighted by atomic mass is 10.1. The molecular weight excluding hydrogens is 453 g/mol. The highest BCUT2D eigenvalue weighted by molar-refractivity contribution is 7.19. The Kier molecular flexibility index (Phi) is 6.98. The van der Waals surface area contributed by atoms with Crippen molar-refractivity contribution >= 4 is 22.8 Å². The zero-order valence-electron chi connectivity index (χ0n) is 16.3. The van der Waals surface area contributed by atoms with E-state index in [2.05, 4.69) is 15.3 Å². The number of nitrogens with one attached hydrogen (secondary N) is 1. The third-order valence-electron chi connectivity index (χ3n) is 4.05. The molecule has 0 saturated heterocycles. The van der Waals surface area contributed by atoms with Gasteiger partial charge in [-0.15, -0.1) is 0 Å². The zero-order valence-corrected chi connectivity index (χ0v) is 17.1. The second kappa shape index (κ2) is 9.69. The van der Waals surface area contributed by atoms with Crippen LogP contribution in [0, 0.1) is 11.6 Å². The van der Waals surface area contributed by atoms with E-state index in [0.29, 0.717) is 21.3 Å². The average molecular weight is 467 g/mol. The molecule has 1 N–H and O–H groups in total. The van der Waals surface area contributed by atoms with Crippen molar-refractivity contribution in [1.82, 2.24) is 9.97 Å². The summed E-state index contributed by atoms with van der Waals surface area (Å²) in [5.74, 6) is -1.38. The van der Waals surface area contributed by atoms with Crippen LogP contribution < -0.4 is 5.32 Å². The van der Waals surface area contributed by atoms with Crippen molar-refractivity contribution < 1.29 is 31.2 Å². The lowest BCUT2D eigenvalue weighted by Crippen LogP contribution is -2.04. The maximum atomic E-state index is 12.9. The van der Waals surface area contributed by atoms with Crippen LogP contribution in [0.25, 0.3) is 22.0 Å². The van der Waals surface area contributed by atoms with Crippen molar-refractivity contribution in [3.8, 4) is 22.0 Å². The minimum absolute atomic E-state index is 0.157. The molecule has 0 spiro atoms. The van der Waals surface area contributed by atoms with Crippen LogP contribution >= 0.6 is 11.3 Å². The van der Waals surface area contributed by atoms with Gasteiger partial charge in [0.15, 0.2) is 11.4 Å². The molecule has 0 saturated carbocycles. The lowest BCUT2D eigenvalue weighted by Gasteiger charge is -2.08. The summed E-state index contributed by atoms with van der Waals surface area (Å²) in [4.78, 5) is 18.9. The van der Waals surface area contributed by atoms with Crippen LogP contribution in [0.1, 0.15) is 15.9 Å². The predicted molar refractivity (Wildman–Crippen MR) is 109 cm³/mol. The molecule has 0 aliphatic rings. The Morgan fingerprint density at radius 3 is 2.31 bits per heavy atom. The van der Waals surface area contributed by atoms with Crippen molar-refractivity contribution in [3.63, 3.8) is 0 Å². The summed E-state index contributed by atoms with van der Waals surface area (Å²) in [6.07, 6.45) is -1.38. The number of benzene rings is 2. The monoisotopic (exact) mass is 467 g/mol. The van der Waals surface area contributed by atoms with Crippen molar-refractivity contribution in [1.29, 1.82) is 0 Å². The maximum Gasteiger partial charge on any atom is 0.416 e. The number of aldehydes is 1. The Morgan fingerprint density at radius 2 is 1.78 bits per heavy atom. The van der Waals surface area contributed by atoms with Crippen LogP contribution in [0.15, 0.2) is 59.3 Å². The van der Waals surface area contributed by atoms with E-state index in [1.54, 1.807) is 13.1 Å². The number of alkyl halides is 3. The van der Waals surface area contributed by atoms with Crippen LogP contribution in [0.5, 0.6) is 0 Å². The second-order valence-corrected chi connectivity index (χ2v) is 7.11. The highest BCUT2D eigenvalue weighted by Gasteiger charge is 2.31. The number of halogens is 5. The highest BCUT2D eigenvalue weighted by Crippen LogP contribution is 2.40. The number of carbonyl (C=O) groups is 1. The van der Waals surface area contributed by atoms with E-state index >= 15 is 0 Å². The summed E-state index contributed by atoms with van der Waals surface area (Å²) < 4.78 is 68.6. The molecule has 4 aromatic rings. The molecule has 2 aromatic heterocycles. The van der Waals surface area contributed by atoms with Crippen molar-refractivity contribution in [3.05, 3.63) is 77.7 Å². The number of hydrogen-bond acceptors (Lipinski definition) is 6. The first kappa shape index (κ1) is 23.1. The molecule has 0 unspecified atom stereocenters. The molecule has 0 aliphatic heterocycles. The number of anilines is 1. The SMILES string of the molecule is CNc1nc(-c2ncco2)c(-c2cccc(C(F)(F)F)c2)s1.O=Cc1c(F)cccc1F. The van der Waals surface area contributed by atoms with Crippen LogP contribution in [-0.2, 0) is 6.18 Å². The molecule has 0 aliphatic carbocycles. The Bertz CT molecular complexity index is 1190. The fraction of sp³-hybridized carbons (Fsp3) is 0.0952. The Balaban J connectivity index is 0.000000243. The molecule has 11 heteroatoms. The predicted octanol–water partition coefficient (Wildman–Crippen LogP) is 6.30. The molecular formula is C21H14F5N3O2S. The van der Waals surface area contributed by atoms with Crippen LogP contribution in [0.3, 0.4) is 0 Å². The average Bonchev–Trinajstić information content (AvgIpc) is 3.44. The third-order valence-corrected chi connectivity index (χ3v) is 5.17. The zero-order chi connectivity index (χ0) is 23.3. The van der Waals surface area contributed by atoms with E-state index in [1.165, 1.54) is 35.9 Å². The summed E-state index contributed by atoms with van der Waals surface area (Å²) in [6, 6.07) is 8.38. The van der Waals surface area contributed by atoms with Gasteiger partial charge in [-0.25, -0.2) is 18.7 Å². The number of carbonyl (C=O) groups excluding carboxylic acids is 1. The van der Waals surface area contributed by atoms with Gasteiger partial charge in [-0.2, -0.15) is 13.2 Å². The summed E-state index contributed by atoms with van der Waals surface area (Å²) in [5.41, 5.74) is -0.383. The second-order valence-electron chi connectivity index (χ2n) is 6.12. The molecule has 4 rings (SSSR count). The van der Waals surface area contributed by atoms with Gasteiger partial charge in [-0.1, -0.05) is 29.5 Å². The van der Waals surface area contributed by atoms with E-state index in [4.69, 9.17) is 4.42 Å². The fourth-order valence-corrected chi connectivity index (χ4v) is 3.47. The van der Waals surface area contributed by atoms with E-state index in [9.17, 15) is 26.7 Å². The fourth-order valence-electron chi connectivity index (χ4n) is 2.57. The molecule has 0 bridgehead atoms. The van der Waals surface area contributed by atoms with E-state index in [1.807, 2.05) is 0 Å². The molecule has 0 atom stereocenters. The molecule has 2 aromatic carbocycles. The van der Waals surface area contributed by atoms with E-state index in [-0.39, 0.29) is 12.2 Å². The molecule has 0 fully saturated rings. The Hall–Kier alpha value is -3.60. The summed E-state index contributed by atoms with van der Waals surface area (Å²) >= 11 is 1.24. The largest absolute Gasteiger partial charge is 0.443 e. The van der Waals surface area contributed by atoms with Crippen molar-refractivity contribution in [2.45, 2.75) is 6.18 Å². The normalized spacial score (nSPS) is 10.9. The summed E-state index contributed by atoms with van der Waals surface area (Å²) in [6.45, 7) is 0. The standard InChI is InChI=1S/C14H10F3N3OS.C7H4F2O/c1-18-13-20-10(12-19-5-6-21-12)11(22-13)8-3-2-4-9(7-8)14(15,16)17;8-6-2-1-3-7(9)5(6)4-10/h2-7H,1H3,(H,18,20);1-4H. The Morgan fingerprint density at radius 1 is 1.09 bits per heavy atom. The van der Waals surface area contributed by atoms with Gasteiger partial charge < -0.3 is 9.73 Å². The molecule has 0 radical (unpaired) electrons. The number of hydrogen-bond donors (Lipinski definition) is 1. The molecule has 2 heterocycles. The first-order valence-electron chi connectivity index (χ1n) is 8.90. The van der Waals surface area contributed by atoms with Gasteiger partial charge in [0.05, 0.1) is 22.2 Å². The van der Waals surface area contributed by atoms with Crippen molar-refractivity contribution in [2.24, 2.45) is 0 Å². The quantitative estimate of drug-likeness (QED) is 0.282. The lowest BCUT2D eigenvalue weighted by molar-refractivity contribution is -0.137. The number of thiazole rings is 1. The van der Waals surface area contributed by atoms with Crippen LogP contribution in [-0.4, -0.2) is 23.3 Å². The molecule has 32 heavy (non-hydrogen) atoms. The minimum atomic E-state index is -4.39. The maximum absolute atomic E-state index is 12.9. The number of rotatable bonds is 4. The molecule has 0 amide bonds. The smallest absolute Gasteiger partial charge is 0.416 e. The van der Waals surface area contributed by atoms with Crippen molar-refractivity contribution in [2.75, 3.05) is 12.4 Å². The Labute approximate surface area is 182 Å². The van der Waals surface area contributed by atoms with Gasteiger partial charge in [-0.05, 0) is 29.8 Å². The van der Waals surface area contributed by atoms with Gasteiger partial charge >= 0.3 is 6.18 Å². The van der Waals surface area contributed by atoms with Gasteiger partial charge in [0.1, 0.15) is 23.6 Å².